The molecule has 0 radical (unpaired) electrons. The van der Waals surface area contributed by atoms with Gasteiger partial charge in [-0.2, -0.15) is 9.37 Å². The second-order valence-corrected chi connectivity index (χ2v) is 4.82. The number of aromatic nitrogens is 2. The Hall–Kier alpha value is -1.23. The average Bonchev–Trinajstić information content (AvgIpc) is 2.98. The summed E-state index contributed by atoms with van der Waals surface area (Å²) in [5.41, 5.74) is 0. The van der Waals surface area contributed by atoms with E-state index in [0.29, 0.717) is 11.7 Å². The van der Waals surface area contributed by atoms with Crippen LogP contribution < -0.4 is 10.1 Å². The molecule has 17 heavy (non-hydrogen) atoms. The van der Waals surface area contributed by atoms with Gasteiger partial charge < -0.3 is 10.1 Å². The van der Waals surface area contributed by atoms with Gasteiger partial charge in [-0.05, 0) is 38.3 Å². The molecule has 0 bridgehead atoms. The van der Waals surface area contributed by atoms with Crippen LogP contribution in [0.5, 0.6) is 5.88 Å². The van der Waals surface area contributed by atoms with Crippen LogP contribution in [0.2, 0.25) is 0 Å². The van der Waals surface area contributed by atoms with Crippen molar-refractivity contribution in [1.29, 1.82) is 0 Å². The zero-order valence-corrected chi connectivity index (χ0v) is 9.66. The quantitative estimate of drug-likeness (QED) is 0.857. The standard InChI is InChI=1S/C12H16FN3O/c13-10-7-15-11(5-8-3-4-14-6-8)16-12(10)17-9-1-2-9/h7-9,14H,1-6H2/t8-/m0/s1. The molecule has 1 saturated heterocycles. The lowest BCUT2D eigenvalue weighted by Crippen LogP contribution is -2.13. The topological polar surface area (TPSA) is 47.0 Å². The Kier molecular flexibility index (Phi) is 2.93. The predicted octanol–water partition coefficient (Wildman–Crippen LogP) is 1.31. The molecule has 1 aromatic rings. The summed E-state index contributed by atoms with van der Waals surface area (Å²) in [5, 5.41) is 3.30. The monoisotopic (exact) mass is 237 g/mol. The van der Waals surface area contributed by atoms with Crippen LogP contribution in [0.15, 0.2) is 6.20 Å². The summed E-state index contributed by atoms with van der Waals surface area (Å²) < 4.78 is 18.8. The fourth-order valence-electron chi connectivity index (χ4n) is 2.06. The number of nitrogens with one attached hydrogen (secondary N) is 1. The van der Waals surface area contributed by atoms with Crippen molar-refractivity contribution in [3.63, 3.8) is 0 Å². The van der Waals surface area contributed by atoms with E-state index >= 15 is 0 Å². The van der Waals surface area contributed by atoms with Crippen molar-refractivity contribution in [2.45, 2.75) is 31.8 Å². The lowest BCUT2D eigenvalue weighted by Gasteiger charge is -2.09. The molecule has 0 amide bonds. The van der Waals surface area contributed by atoms with Crippen LogP contribution in [-0.4, -0.2) is 29.2 Å². The van der Waals surface area contributed by atoms with E-state index < -0.39 is 5.82 Å². The number of ether oxygens (including phenoxy) is 1. The fourth-order valence-corrected chi connectivity index (χ4v) is 2.06. The van der Waals surface area contributed by atoms with Gasteiger partial charge in [0.2, 0.25) is 5.82 Å². The molecule has 1 atom stereocenters. The SMILES string of the molecule is Fc1cnc(C[C@@H]2CCNC2)nc1OC1CC1. The van der Waals surface area contributed by atoms with Crippen LogP contribution in [0.1, 0.15) is 25.1 Å². The molecule has 1 aliphatic heterocycles. The molecule has 0 aromatic carbocycles. The maximum atomic E-state index is 13.4. The minimum Gasteiger partial charge on any atom is -0.472 e. The van der Waals surface area contributed by atoms with Crippen molar-refractivity contribution in [3.8, 4) is 5.88 Å². The van der Waals surface area contributed by atoms with E-state index in [4.69, 9.17) is 4.74 Å². The van der Waals surface area contributed by atoms with E-state index in [0.717, 1.165) is 38.8 Å². The van der Waals surface area contributed by atoms with Crippen molar-refractivity contribution >= 4 is 0 Å². The van der Waals surface area contributed by atoms with Crippen molar-refractivity contribution in [2.75, 3.05) is 13.1 Å². The highest BCUT2D eigenvalue weighted by atomic mass is 19.1. The average molecular weight is 237 g/mol. The number of hydrogen-bond donors (Lipinski definition) is 1. The van der Waals surface area contributed by atoms with E-state index in [1.54, 1.807) is 0 Å². The molecule has 1 aromatic heterocycles. The van der Waals surface area contributed by atoms with Gasteiger partial charge in [0.15, 0.2) is 0 Å². The van der Waals surface area contributed by atoms with Crippen molar-refractivity contribution < 1.29 is 9.13 Å². The Labute approximate surface area is 99.6 Å². The van der Waals surface area contributed by atoms with E-state index in [1.807, 2.05) is 0 Å². The van der Waals surface area contributed by atoms with Gasteiger partial charge in [-0.15, -0.1) is 0 Å². The highest BCUT2D eigenvalue weighted by Gasteiger charge is 2.26. The Morgan fingerprint density at radius 1 is 1.41 bits per heavy atom. The van der Waals surface area contributed by atoms with Gasteiger partial charge in [-0.3, -0.25) is 0 Å². The molecule has 1 saturated carbocycles. The summed E-state index contributed by atoms with van der Waals surface area (Å²) in [6, 6.07) is 0. The van der Waals surface area contributed by atoms with Crippen LogP contribution in [-0.2, 0) is 6.42 Å². The van der Waals surface area contributed by atoms with E-state index in [2.05, 4.69) is 15.3 Å². The Bertz CT molecular complexity index is 403. The molecular formula is C12H16FN3O. The second kappa shape index (κ2) is 4.56. The third-order valence-electron chi connectivity index (χ3n) is 3.20. The molecule has 1 aliphatic carbocycles. The van der Waals surface area contributed by atoms with Crippen molar-refractivity contribution in [2.24, 2.45) is 5.92 Å². The molecule has 3 rings (SSSR count). The fraction of sp³-hybridized carbons (Fsp3) is 0.667. The molecule has 2 aliphatic rings. The van der Waals surface area contributed by atoms with Gasteiger partial charge in [0.1, 0.15) is 11.9 Å². The maximum Gasteiger partial charge on any atom is 0.254 e. The Balaban J connectivity index is 1.70. The third kappa shape index (κ3) is 2.72. The summed E-state index contributed by atoms with van der Waals surface area (Å²) >= 11 is 0. The zero-order valence-electron chi connectivity index (χ0n) is 9.66. The smallest absolute Gasteiger partial charge is 0.254 e. The molecule has 0 spiro atoms. The minimum absolute atomic E-state index is 0.128. The number of nitrogens with zero attached hydrogens (tertiary/aromatic N) is 2. The first-order chi connectivity index (χ1) is 8.31. The van der Waals surface area contributed by atoms with Gasteiger partial charge in [0, 0.05) is 6.42 Å². The highest BCUT2D eigenvalue weighted by molar-refractivity contribution is 5.13. The predicted molar refractivity (Wildman–Crippen MR) is 60.3 cm³/mol. The van der Waals surface area contributed by atoms with Crippen molar-refractivity contribution in [3.05, 3.63) is 17.8 Å². The number of rotatable bonds is 4. The number of hydrogen-bond acceptors (Lipinski definition) is 4. The minimum atomic E-state index is -0.454. The van der Waals surface area contributed by atoms with Crippen LogP contribution in [0.3, 0.4) is 0 Å². The summed E-state index contributed by atoms with van der Waals surface area (Å²) in [4.78, 5) is 8.22. The molecule has 1 N–H and O–H groups in total. The van der Waals surface area contributed by atoms with Gasteiger partial charge in [-0.1, -0.05) is 0 Å². The first kappa shape index (κ1) is 10.9. The summed E-state index contributed by atoms with van der Waals surface area (Å²) in [6.07, 6.45) is 5.34. The third-order valence-corrected chi connectivity index (χ3v) is 3.20. The van der Waals surface area contributed by atoms with E-state index in [-0.39, 0.29) is 12.0 Å². The molecule has 2 heterocycles. The Morgan fingerprint density at radius 3 is 3.00 bits per heavy atom. The first-order valence-corrected chi connectivity index (χ1v) is 6.20. The summed E-state index contributed by atoms with van der Waals surface area (Å²) in [6.45, 7) is 2.05. The summed E-state index contributed by atoms with van der Waals surface area (Å²) in [5.74, 6) is 0.929. The highest BCUT2D eigenvalue weighted by Crippen LogP contribution is 2.27. The lowest BCUT2D eigenvalue weighted by molar-refractivity contribution is 0.272. The normalized spacial score (nSPS) is 23.9. The van der Waals surface area contributed by atoms with Gasteiger partial charge in [0.25, 0.3) is 5.88 Å². The van der Waals surface area contributed by atoms with Crippen LogP contribution >= 0.6 is 0 Å². The van der Waals surface area contributed by atoms with Gasteiger partial charge in [0.05, 0.1) is 6.20 Å². The van der Waals surface area contributed by atoms with E-state index in [9.17, 15) is 4.39 Å². The molecule has 5 heteroatoms. The second-order valence-electron chi connectivity index (χ2n) is 4.82. The van der Waals surface area contributed by atoms with Crippen LogP contribution in [0, 0.1) is 11.7 Å². The molecular weight excluding hydrogens is 221 g/mol. The molecule has 4 nitrogen and oxygen atoms in total. The van der Waals surface area contributed by atoms with Crippen LogP contribution in [0.25, 0.3) is 0 Å². The van der Waals surface area contributed by atoms with Gasteiger partial charge >= 0.3 is 0 Å². The largest absolute Gasteiger partial charge is 0.472 e. The Morgan fingerprint density at radius 2 is 2.29 bits per heavy atom. The zero-order chi connectivity index (χ0) is 11.7. The van der Waals surface area contributed by atoms with Crippen LogP contribution in [0.4, 0.5) is 4.39 Å². The van der Waals surface area contributed by atoms with Crippen molar-refractivity contribution in [1.82, 2.24) is 15.3 Å². The molecule has 0 unspecified atom stereocenters. The molecule has 92 valence electrons. The van der Waals surface area contributed by atoms with E-state index in [1.165, 1.54) is 6.20 Å². The molecule has 2 fully saturated rings. The maximum absolute atomic E-state index is 13.4. The summed E-state index contributed by atoms with van der Waals surface area (Å²) in [7, 11) is 0. The first-order valence-electron chi connectivity index (χ1n) is 6.20. The lowest BCUT2D eigenvalue weighted by atomic mass is 10.0. The number of halogens is 1. The van der Waals surface area contributed by atoms with Gasteiger partial charge in [-0.25, -0.2) is 4.98 Å².